The van der Waals surface area contributed by atoms with Gasteiger partial charge in [0.05, 0.1) is 16.8 Å². The van der Waals surface area contributed by atoms with Crippen LogP contribution in [-0.4, -0.2) is 45.1 Å². The number of benzene rings is 1. The summed E-state index contributed by atoms with van der Waals surface area (Å²) in [4.78, 5) is 13.6. The fourth-order valence-electron chi connectivity index (χ4n) is 3.15. The molecule has 3 N–H and O–H groups in total. The van der Waals surface area contributed by atoms with Crippen molar-refractivity contribution < 1.29 is 14.6 Å². The smallest absolute Gasteiger partial charge is 0.300 e. The molecule has 1 saturated carbocycles. The van der Waals surface area contributed by atoms with E-state index in [-0.39, 0.29) is 18.1 Å². The van der Waals surface area contributed by atoms with Crippen molar-refractivity contribution in [2.45, 2.75) is 51.2 Å². The van der Waals surface area contributed by atoms with Gasteiger partial charge in [-0.15, -0.1) is 0 Å². The monoisotopic (exact) mass is 380 g/mol. The number of methoxy groups -OCH3 is 1. The Hall–Kier alpha value is -1.96. The molecule has 3 atom stereocenters. The highest BCUT2D eigenvalue weighted by Crippen LogP contribution is 2.34. The minimum Gasteiger partial charge on any atom is -0.481 e. The molecule has 1 aromatic heterocycles. The standard InChI is InChI=1S/C16H21ClN4O.C2H4O2/c1-10-19-16(11-7-8-13(18)15(9-11)22-2)21(20-10)14-6-4-3-5-12(14)17;1-2(3)4/h3-6,11,13,15H,7-9,18H2,1-2H3;1H3,(H,3,4)/t11-,13+,15+;/m0./s1. The number of hydrogen-bond acceptors (Lipinski definition) is 5. The number of carbonyl (C=O) groups is 1. The summed E-state index contributed by atoms with van der Waals surface area (Å²) in [6.07, 6.45) is 2.84. The molecule has 1 heterocycles. The minimum atomic E-state index is -0.833. The van der Waals surface area contributed by atoms with Gasteiger partial charge in [0, 0.05) is 26.0 Å². The summed E-state index contributed by atoms with van der Waals surface area (Å²) in [7, 11) is 1.72. The number of rotatable bonds is 3. The molecule has 142 valence electrons. The van der Waals surface area contributed by atoms with Crippen molar-refractivity contribution in [2.75, 3.05) is 7.11 Å². The van der Waals surface area contributed by atoms with Crippen LogP contribution in [0.1, 0.15) is 43.8 Å². The molecular formula is C18H25ClN4O3. The van der Waals surface area contributed by atoms with E-state index in [0.29, 0.717) is 5.02 Å². The van der Waals surface area contributed by atoms with E-state index in [1.807, 2.05) is 35.9 Å². The molecule has 0 saturated heterocycles. The largest absolute Gasteiger partial charge is 0.481 e. The predicted molar refractivity (Wildman–Crippen MR) is 99.8 cm³/mol. The second-order valence-corrected chi connectivity index (χ2v) is 6.75. The number of nitrogens with two attached hydrogens (primary N) is 1. The maximum absolute atomic E-state index is 9.00. The number of ether oxygens (including phenoxy) is 1. The van der Waals surface area contributed by atoms with Crippen molar-refractivity contribution in [3.8, 4) is 5.69 Å². The molecule has 3 rings (SSSR count). The van der Waals surface area contributed by atoms with Gasteiger partial charge in [-0.2, -0.15) is 5.10 Å². The number of nitrogens with zero attached hydrogens (tertiary/aromatic N) is 3. The van der Waals surface area contributed by atoms with Gasteiger partial charge >= 0.3 is 0 Å². The maximum atomic E-state index is 9.00. The number of aryl methyl sites for hydroxylation is 1. The first-order chi connectivity index (χ1) is 12.3. The zero-order chi connectivity index (χ0) is 19.3. The molecular weight excluding hydrogens is 356 g/mol. The number of hydrogen-bond donors (Lipinski definition) is 2. The molecule has 1 aromatic carbocycles. The van der Waals surface area contributed by atoms with Crippen LogP contribution in [0.15, 0.2) is 24.3 Å². The molecule has 2 aromatic rings. The fourth-order valence-corrected chi connectivity index (χ4v) is 3.37. The fraction of sp³-hybridized carbons (Fsp3) is 0.500. The van der Waals surface area contributed by atoms with Gasteiger partial charge in [0.2, 0.25) is 0 Å². The lowest BCUT2D eigenvalue weighted by Crippen LogP contribution is -2.41. The van der Waals surface area contributed by atoms with Gasteiger partial charge in [-0.25, -0.2) is 9.67 Å². The van der Waals surface area contributed by atoms with Crippen molar-refractivity contribution in [1.82, 2.24) is 14.8 Å². The van der Waals surface area contributed by atoms with Gasteiger partial charge in [0.25, 0.3) is 5.97 Å². The Morgan fingerprint density at radius 2 is 2.04 bits per heavy atom. The normalized spacial score (nSPS) is 22.4. The second kappa shape index (κ2) is 9.12. The van der Waals surface area contributed by atoms with Gasteiger partial charge in [0.15, 0.2) is 0 Å². The number of para-hydroxylation sites is 1. The average Bonchev–Trinajstić information content (AvgIpc) is 2.97. The summed E-state index contributed by atoms with van der Waals surface area (Å²) < 4.78 is 7.39. The van der Waals surface area contributed by atoms with Crippen LogP contribution < -0.4 is 5.73 Å². The van der Waals surface area contributed by atoms with E-state index < -0.39 is 5.97 Å². The van der Waals surface area contributed by atoms with Crippen LogP contribution >= 0.6 is 11.6 Å². The molecule has 26 heavy (non-hydrogen) atoms. The lowest BCUT2D eigenvalue weighted by atomic mass is 9.83. The third-order valence-electron chi connectivity index (χ3n) is 4.33. The minimum absolute atomic E-state index is 0.0652. The van der Waals surface area contributed by atoms with Crippen molar-refractivity contribution in [3.63, 3.8) is 0 Å². The number of carboxylic acids is 1. The molecule has 0 amide bonds. The molecule has 7 nitrogen and oxygen atoms in total. The van der Waals surface area contributed by atoms with Gasteiger partial charge in [-0.1, -0.05) is 23.7 Å². The second-order valence-electron chi connectivity index (χ2n) is 6.35. The number of carboxylic acid groups (broad SMARTS) is 1. The number of aliphatic carboxylic acids is 1. The molecule has 8 heteroatoms. The summed E-state index contributed by atoms with van der Waals surface area (Å²) in [5.41, 5.74) is 6.98. The summed E-state index contributed by atoms with van der Waals surface area (Å²) in [5, 5.41) is 12.6. The van der Waals surface area contributed by atoms with Crippen LogP contribution in [0.3, 0.4) is 0 Å². The lowest BCUT2D eigenvalue weighted by Gasteiger charge is -2.32. The van der Waals surface area contributed by atoms with Crippen LogP contribution in [-0.2, 0) is 9.53 Å². The summed E-state index contributed by atoms with van der Waals surface area (Å²) in [5.74, 6) is 1.14. The average molecular weight is 381 g/mol. The van der Waals surface area contributed by atoms with Crippen molar-refractivity contribution in [2.24, 2.45) is 5.73 Å². The van der Waals surface area contributed by atoms with Gasteiger partial charge < -0.3 is 15.6 Å². The Kier molecular flexibility index (Phi) is 7.14. The Morgan fingerprint density at radius 3 is 2.65 bits per heavy atom. The molecule has 0 bridgehead atoms. The van der Waals surface area contributed by atoms with Gasteiger partial charge in [-0.05, 0) is 38.3 Å². The van der Waals surface area contributed by atoms with E-state index >= 15 is 0 Å². The van der Waals surface area contributed by atoms with E-state index in [4.69, 9.17) is 32.0 Å². The topological polar surface area (TPSA) is 103 Å². The summed E-state index contributed by atoms with van der Waals surface area (Å²) in [6.45, 7) is 2.99. The van der Waals surface area contributed by atoms with Crippen LogP contribution in [0.4, 0.5) is 0 Å². The summed E-state index contributed by atoms with van der Waals surface area (Å²) in [6, 6.07) is 7.79. The van der Waals surface area contributed by atoms with E-state index in [1.54, 1.807) is 7.11 Å². The van der Waals surface area contributed by atoms with Gasteiger partial charge in [0.1, 0.15) is 11.6 Å². The molecule has 1 fully saturated rings. The van der Waals surface area contributed by atoms with E-state index in [9.17, 15) is 0 Å². The zero-order valence-electron chi connectivity index (χ0n) is 15.2. The Bertz CT molecular complexity index is 746. The third kappa shape index (κ3) is 5.03. The molecule has 1 aliphatic rings. The quantitative estimate of drug-likeness (QED) is 0.848. The SMILES string of the molecule is CC(=O)O.CO[C@@H]1C[C@@H](c2nc(C)nn2-c2ccccc2Cl)CC[C@H]1N. The number of aromatic nitrogens is 3. The zero-order valence-corrected chi connectivity index (χ0v) is 16.0. The molecule has 1 aliphatic carbocycles. The first kappa shape index (κ1) is 20.4. The van der Waals surface area contributed by atoms with Crippen molar-refractivity contribution in [3.05, 3.63) is 40.9 Å². The highest BCUT2D eigenvalue weighted by atomic mass is 35.5. The van der Waals surface area contributed by atoms with Crippen LogP contribution in [0.25, 0.3) is 5.69 Å². The van der Waals surface area contributed by atoms with E-state index in [1.165, 1.54) is 0 Å². The molecule has 0 aliphatic heterocycles. The highest BCUT2D eigenvalue weighted by Gasteiger charge is 2.32. The van der Waals surface area contributed by atoms with E-state index in [2.05, 4.69) is 10.1 Å². The van der Waals surface area contributed by atoms with Gasteiger partial charge in [-0.3, -0.25) is 4.79 Å². The Balaban J connectivity index is 0.000000552. The lowest BCUT2D eigenvalue weighted by molar-refractivity contribution is -0.134. The number of halogens is 1. The molecule has 0 spiro atoms. The van der Waals surface area contributed by atoms with Crippen molar-refractivity contribution in [1.29, 1.82) is 0 Å². The summed E-state index contributed by atoms with van der Waals surface area (Å²) >= 11 is 6.32. The Morgan fingerprint density at radius 1 is 1.38 bits per heavy atom. The third-order valence-corrected chi connectivity index (χ3v) is 4.65. The first-order valence-corrected chi connectivity index (χ1v) is 8.87. The highest BCUT2D eigenvalue weighted by molar-refractivity contribution is 6.32. The molecule has 0 unspecified atom stereocenters. The van der Waals surface area contributed by atoms with E-state index in [0.717, 1.165) is 43.5 Å². The van der Waals surface area contributed by atoms with Crippen LogP contribution in [0.2, 0.25) is 5.02 Å². The van der Waals surface area contributed by atoms with Crippen LogP contribution in [0.5, 0.6) is 0 Å². The van der Waals surface area contributed by atoms with Crippen molar-refractivity contribution >= 4 is 17.6 Å². The molecule has 0 radical (unpaired) electrons. The first-order valence-electron chi connectivity index (χ1n) is 8.49. The maximum Gasteiger partial charge on any atom is 0.300 e. The predicted octanol–water partition coefficient (Wildman–Crippen LogP) is 2.93. The van der Waals surface area contributed by atoms with Crippen LogP contribution in [0, 0.1) is 6.92 Å². The Labute approximate surface area is 158 Å².